The summed E-state index contributed by atoms with van der Waals surface area (Å²) in [5, 5.41) is 0. The summed E-state index contributed by atoms with van der Waals surface area (Å²) < 4.78 is 32.1. The number of hydrogen-bond acceptors (Lipinski definition) is 4. The van der Waals surface area contributed by atoms with Gasteiger partial charge in [0.25, 0.3) is 0 Å². The van der Waals surface area contributed by atoms with Crippen LogP contribution in [0.3, 0.4) is 0 Å². The van der Waals surface area contributed by atoms with Crippen LogP contribution in [0.2, 0.25) is 0 Å². The topological polar surface area (TPSA) is 66.4 Å². The smallest absolute Gasteiger partial charge is 0.217 e. The van der Waals surface area contributed by atoms with Gasteiger partial charge in [-0.2, -0.15) is 0 Å². The molecule has 0 saturated carbocycles. The lowest BCUT2D eigenvalue weighted by Crippen LogP contribution is -2.35. The number of rotatable bonds is 16. The highest BCUT2D eigenvalue weighted by Crippen LogP contribution is 2.13. The third-order valence-electron chi connectivity index (χ3n) is 4.39. The van der Waals surface area contributed by atoms with Crippen molar-refractivity contribution in [2.75, 3.05) is 34.8 Å². The first-order chi connectivity index (χ1) is 12.1. The Hall–Kier alpha value is -0.170. The molecule has 0 bridgehead atoms. The number of unbranched alkanes of at least 4 members (excludes halogenated alkanes) is 13. The predicted molar refractivity (Wildman–Crippen MR) is 110 cm³/mol. The molecule has 6 heteroatoms. The Balaban J connectivity index is 0. The fourth-order valence-corrected chi connectivity index (χ4v) is 2.78. The van der Waals surface area contributed by atoms with Gasteiger partial charge in [0.2, 0.25) is 10.4 Å². The minimum absolute atomic E-state index is 0.808. The molecule has 0 aliphatic heterocycles. The molecule has 0 aliphatic carbocycles. The molecule has 0 heterocycles. The second-order valence-electron chi connectivity index (χ2n) is 8.19. The van der Waals surface area contributed by atoms with Crippen molar-refractivity contribution in [3.05, 3.63) is 0 Å². The maximum atomic E-state index is 9.22. The third-order valence-corrected chi connectivity index (χ3v) is 4.79. The van der Waals surface area contributed by atoms with Crippen molar-refractivity contribution in [1.29, 1.82) is 0 Å². The molecule has 0 N–H and O–H groups in total. The van der Waals surface area contributed by atoms with Crippen molar-refractivity contribution >= 4 is 10.4 Å². The van der Waals surface area contributed by atoms with Gasteiger partial charge in [0.1, 0.15) is 0 Å². The lowest BCUT2D eigenvalue weighted by atomic mass is 10.0. The van der Waals surface area contributed by atoms with Gasteiger partial charge in [0.05, 0.1) is 34.8 Å². The van der Waals surface area contributed by atoms with Crippen LogP contribution < -0.4 is 0 Å². The quantitative estimate of drug-likeness (QED) is 0.155. The molecule has 0 spiro atoms. The molecular formula is C20H45NO4S. The predicted octanol–water partition coefficient (Wildman–Crippen LogP) is 5.27. The highest BCUT2D eigenvalue weighted by molar-refractivity contribution is 7.80. The lowest BCUT2D eigenvalue weighted by molar-refractivity contribution is -0.870. The lowest BCUT2D eigenvalue weighted by Gasteiger charge is -2.23. The zero-order valence-corrected chi connectivity index (χ0v) is 18.9. The molecule has 0 aliphatic rings. The van der Waals surface area contributed by atoms with E-state index in [2.05, 4.69) is 32.2 Å². The van der Waals surface area contributed by atoms with Crippen LogP contribution in [0.4, 0.5) is 0 Å². The third kappa shape index (κ3) is 31.6. The standard InChI is InChI=1S/C19H42N.CH4O4S/c1-5-6-7-8-9-10-11-12-13-14-15-16-17-18-19-20(2,3)4;1-5-6(2,3)4/h5-19H2,1-4H3;1H3,(H,2,3,4)/q+1;/p-1. The van der Waals surface area contributed by atoms with Crippen LogP contribution in [0.1, 0.15) is 96.8 Å². The Morgan fingerprint density at radius 1 is 0.692 bits per heavy atom. The Morgan fingerprint density at radius 2 is 0.962 bits per heavy atom. The Labute approximate surface area is 164 Å². The molecule has 5 nitrogen and oxygen atoms in total. The average Bonchev–Trinajstić information content (AvgIpc) is 2.54. The molecule has 0 unspecified atom stereocenters. The van der Waals surface area contributed by atoms with Crippen molar-refractivity contribution in [3.63, 3.8) is 0 Å². The Kier molecular flexibility index (Phi) is 19.6. The molecule has 26 heavy (non-hydrogen) atoms. The van der Waals surface area contributed by atoms with Gasteiger partial charge in [-0.3, -0.25) is 4.18 Å². The summed E-state index contributed by atoms with van der Waals surface area (Å²) in [5.74, 6) is 0. The van der Waals surface area contributed by atoms with Crippen LogP contribution in [-0.2, 0) is 14.6 Å². The molecule has 0 amide bonds. The van der Waals surface area contributed by atoms with Gasteiger partial charge in [-0.1, -0.05) is 84.0 Å². The minimum Gasteiger partial charge on any atom is -0.726 e. The average molecular weight is 396 g/mol. The van der Waals surface area contributed by atoms with E-state index in [9.17, 15) is 13.0 Å². The van der Waals surface area contributed by atoms with Crippen LogP contribution in [0.15, 0.2) is 0 Å². The summed E-state index contributed by atoms with van der Waals surface area (Å²) in [5.41, 5.74) is 0. The maximum absolute atomic E-state index is 9.22. The first kappa shape index (κ1) is 28.0. The highest BCUT2D eigenvalue weighted by atomic mass is 32.3. The van der Waals surface area contributed by atoms with Crippen molar-refractivity contribution in [3.8, 4) is 0 Å². The molecule has 0 aromatic heterocycles. The van der Waals surface area contributed by atoms with E-state index in [-0.39, 0.29) is 0 Å². The van der Waals surface area contributed by atoms with E-state index in [0.29, 0.717) is 0 Å². The van der Waals surface area contributed by atoms with Crippen molar-refractivity contribution in [1.82, 2.24) is 0 Å². The van der Waals surface area contributed by atoms with E-state index in [1.54, 1.807) is 0 Å². The molecule has 0 aromatic rings. The highest BCUT2D eigenvalue weighted by Gasteiger charge is 2.04. The normalized spacial score (nSPS) is 11.9. The maximum Gasteiger partial charge on any atom is 0.217 e. The monoisotopic (exact) mass is 395 g/mol. The van der Waals surface area contributed by atoms with E-state index in [4.69, 9.17) is 0 Å². The van der Waals surface area contributed by atoms with E-state index < -0.39 is 10.4 Å². The first-order valence-electron chi connectivity index (χ1n) is 10.4. The summed E-state index contributed by atoms with van der Waals surface area (Å²) in [6, 6.07) is 0. The molecule has 0 radical (unpaired) electrons. The molecule has 160 valence electrons. The largest absolute Gasteiger partial charge is 0.726 e. The number of hydrogen-bond donors (Lipinski definition) is 0. The summed E-state index contributed by atoms with van der Waals surface area (Å²) in [4.78, 5) is 0. The van der Waals surface area contributed by atoms with Crippen molar-refractivity contribution in [2.45, 2.75) is 96.8 Å². The van der Waals surface area contributed by atoms with Crippen molar-refractivity contribution < 1.29 is 21.6 Å². The van der Waals surface area contributed by atoms with Gasteiger partial charge in [0, 0.05) is 0 Å². The van der Waals surface area contributed by atoms with Gasteiger partial charge in [-0.15, -0.1) is 0 Å². The SMILES string of the molecule is CCCCCCCCCCCCCCCC[N+](C)(C)C.COS(=O)(=O)[O-]. The summed E-state index contributed by atoms with van der Waals surface area (Å²) in [7, 11) is 3.28. The van der Waals surface area contributed by atoms with Crippen LogP contribution in [0.5, 0.6) is 0 Å². The molecule has 0 atom stereocenters. The van der Waals surface area contributed by atoms with Gasteiger partial charge >= 0.3 is 0 Å². The molecular weight excluding hydrogens is 350 g/mol. The van der Waals surface area contributed by atoms with Crippen LogP contribution in [0, 0.1) is 0 Å². The zero-order valence-electron chi connectivity index (χ0n) is 18.1. The van der Waals surface area contributed by atoms with E-state index in [1.807, 2.05) is 0 Å². The summed E-state index contributed by atoms with van der Waals surface area (Å²) in [6.45, 7) is 3.63. The minimum atomic E-state index is -4.41. The van der Waals surface area contributed by atoms with E-state index in [0.717, 1.165) is 11.6 Å². The fourth-order valence-electron chi connectivity index (χ4n) is 2.78. The molecule has 0 rings (SSSR count). The fraction of sp³-hybridized carbons (Fsp3) is 1.00. The molecule has 0 aromatic carbocycles. The van der Waals surface area contributed by atoms with Gasteiger partial charge in [0.15, 0.2) is 0 Å². The molecule has 0 fully saturated rings. The molecule has 0 saturated heterocycles. The number of nitrogens with zero attached hydrogens (tertiary/aromatic N) is 1. The number of quaternary nitrogens is 1. The Bertz CT molecular complexity index is 378. The zero-order chi connectivity index (χ0) is 20.3. The van der Waals surface area contributed by atoms with Crippen LogP contribution >= 0.6 is 0 Å². The van der Waals surface area contributed by atoms with Crippen LogP contribution in [0.25, 0.3) is 0 Å². The summed E-state index contributed by atoms with van der Waals surface area (Å²) >= 11 is 0. The second-order valence-corrected chi connectivity index (χ2v) is 9.33. The van der Waals surface area contributed by atoms with Crippen molar-refractivity contribution in [2.24, 2.45) is 0 Å². The van der Waals surface area contributed by atoms with E-state index >= 15 is 0 Å². The van der Waals surface area contributed by atoms with Gasteiger partial charge < -0.3 is 9.04 Å². The second kappa shape index (κ2) is 18.2. The van der Waals surface area contributed by atoms with Gasteiger partial charge in [-0.25, -0.2) is 8.42 Å². The first-order valence-corrected chi connectivity index (χ1v) is 11.8. The van der Waals surface area contributed by atoms with Crippen LogP contribution in [-0.4, -0.2) is 52.3 Å². The Morgan fingerprint density at radius 3 is 1.19 bits per heavy atom. The summed E-state index contributed by atoms with van der Waals surface area (Å²) in [6.07, 6.45) is 20.4. The van der Waals surface area contributed by atoms with E-state index in [1.165, 1.54) is 96.4 Å². The van der Waals surface area contributed by atoms with Gasteiger partial charge in [-0.05, 0) is 12.8 Å².